The minimum absolute atomic E-state index is 0.0597. The zero-order valence-corrected chi connectivity index (χ0v) is 17.4. The number of nitrogens with one attached hydrogen (secondary N) is 1. The molecular weight excluding hydrogens is 382 g/mol. The molecule has 3 aromatic rings. The first-order valence-corrected chi connectivity index (χ1v) is 10.2. The molecule has 30 heavy (non-hydrogen) atoms. The first-order valence-electron chi connectivity index (χ1n) is 10.2. The minimum Gasteiger partial charge on any atom is -0.490 e. The molecule has 0 aliphatic heterocycles. The molecule has 0 saturated carbocycles. The molecule has 1 aromatic heterocycles. The van der Waals surface area contributed by atoms with Crippen molar-refractivity contribution in [1.82, 2.24) is 15.1 Å². The van der Waals surface area contributed by atoms with Crippen molar-refractivity contribution in [3.8, 4) is 11.5 Å². The van der Waals surface area contributed by atoms with Gasteiger partial charge in [-0.25, -0.2) is 0 Å². The van der Waals surface area contributed by atoms with Crippen LogP contribution in [0.3, 0.4) is 0 Å². The lowest BCUT2D eigenvalue weighted by Crippen LogP contribution is -2.27. The number of nitrogens with zero attached hydrogens (tertiary/aromatic N) is 2. The summed E-state index contributed by atoms with van der Waals surface area (Å²) in [4.78, 5) is 24.2. The maximum Gasteiger partial charge on any atom is 0.221 e. The van der Waals surface area contributed by atoms with Crippen molar-refractivity contribution in [3.05, 3.63) is 64.4 Å². The Bertz CT molecular complexity index is 1060. The Morgan fingerprint density at radius 1 is 1.07 bits per heavy atom. The third-order valence-corrected chi connectivity index (χ3v) is 4.66. The molecule has 0 spiro atoms. The van der Waals surface area contributed by atoms with Crippen molar-refractivity contribution in [2.24, 2.45) is 0 Å². The van der Waals surface area contributed by atoms with Crippen LogP contribution >= 0.6 is 0 Å². The number of aromatic nitrogens is 2. The van der Waals surface area contributed by atoms with Gasteiger partial charge < -0.3 is 14.8 Å². The number of para-hydroxylation sites is 1. The minimum atomic E-state index is -0.118. The van der Waals surface area contributed by atoms with E-state index in [1.54, 1.807) is 10.7 Å². The van der Waals surface area contributed by atoms with Crippen LogP contribution in [0.2, 0.25) is 0 Å². The summed E-state index contributed by atoms with van der Waals surface area (Å²) in [6.07, 6.45) is 2.27. The second-order valence-electron chi connectivity index (χ2n) is 6.75. The van der Waals surface area contributed by atoms with Crippen molar-refractivity contribution in [3.63, 3.8) is 0 Å². The number of hydrogen-bond donors (Lipinski definition) is 1. The zero-order chi connectivity index (χ0) is 21.3. The molecule has 0 aliphatic carbocycles. The summed E-state index contributed by atoms with van der Waals surface area (Å²) >= 11 is 0. The molecule has 1 heterocycles. The number of rotatable bonds is 10. The van der Waals surface area contributed by atoms with E-state index in [9.17, 15) is 9.59 Å². The fraction of sp³-hybridized carbons (Fsp3) is 0.348. The molecule has 0 radical (unpaired) electrons. The lowest BCUT2D eigenvalue weighted by molar-refractivity contribution is -0.121. The highest BCUT2D eigenvalue weighted by Crippen LogP contribution is 2.28. The number of benzene rings is 2. The summed E-state index contributed by atoms with van der Waals surface area (Å²) in [6.45, 7) is 5.94. The van der Waals surface area contributed by atoms with Crippen molar-refractivity contribution in [1.29, 1.82) is 0 Å². The number of aryl methyl sites for hydroxylation is 1. The average molecular weight is 409 g/mol. The smallest absolute Gasteiger partial charge is 0.221 e. The molecule has 3 rings (SSSR count). The lowest BCUT2D eigenvalue weighted by Gasteiger charge is -2.13. The fourth-order valence-electron chi connectivity index (χ4n) is 3.23. The molecule has 7 nitrogen and oxygen atoms in total. The van der Waals surface area contributed by atoms with Crippen LogP contribution in [0.4, 0.5) is 0 Å². The molecule has 0 atom stereocenters. The third kappa shape index (κ3) is 5.37. The maximum absolute atomic E-state index is 12.3. The van der Waals surface area contributed by atoms with Gasteiger partial charge in [-0.2, -0.15) is 5.10 Å². The van der Waals surface area contributed by atoms with Crippen molar-refractivity contribution in [2.75, 3.05) is 19.8 Å². The van der Waals surface area contributed by atoms with Crippen LogP contribution < -0.4 is 20.2 Å². The Kier molecular flexibility index (Phi) is 7.43. The molecule has 0 saturated heterocycles. The van der Waals surface area contributed by atoms with Crippen LogP contribution in [0.5, 0.6) is 11.5 Å². The summed E-state index contributed by atoms with van der Waals surface area (Å²) in [5.74, 6) is 1.39. The Morgan fingerprint density at radius 2 is 1.83 bits per heavy atom. The normalized spacial score (nSPS) is 10.7. The van der Waals surface area contributed by atoms with Gasteiger partial charge in [0.2, 0.25) is 11.3 Å². The number of hydrogen-bond acceptors (Lipinski definition) is 5. The summed E-state index contributed by atoms with van der Waals surface area (Å²) in [6, 6.07) is 13.1. The first kappa shape index (κ1) is 21.4. The topological polar surface area (TPSA) is 82.5 Å². The molecule has 0 unspecified atom stereocenters. The van der Waals surface area contributed by atoms with Crippen LogP contribution in [-0.4, -0.2) is 35.4 Å². The predicted molar refractivity (Wildman–Crippen MR) is 116 cm³/mol. The van der Waals surface area contributed by atoms with Crippen molar-refractivity contribution < 1.29 is 14.3 Å². The van der Waals surface area contributed by atoms with Gasteiger partial charge in [0.25, 0.3) is 0 Å². The average Bonchev–Trinajstić information content (AvgIpc) is 2.75. The molecule has 1 amide bonds. The molecular formula is C23H27N3O4. The fourth-order valence-corrected chi connectivity index (χ4v) is 3.23. The number of carbonyl (C=O) groups excluding carboxylic acids is 1. The van der Waals surface area contributed by atoms with Crippen LogP contribution in [0.25, 0.3) is 10.9 Å². The van der Waals surface area contributed by atoms with E-state index in [0.29, 0.717) is 38.1 Å². The van der Waals surface area contributed by atoms with E-state index in [4.69, 9.17) is 9.47 Å². The standard InChI is InChI=1S/C23H27N3O4/c1-3-29-21-10-9-17(15-22(21)30-4-2)11-13-24-23(28)12-14-26-19-8-6-5-7-18(19)20(27)16-25-26/h5-10,15-16H,3-4,11-14H2,1-2H3,(H,24,28). The molecule has 0 bridgehead atoms. The van der Waals surface area contributed by atoms with Gasteiger partial charge in [0.15, 0.2) is 11.5 Å². The van der Waals surface area contributed by atoms with Gasteiger partial charge in [-0.3, -0.25) is 14.3 Å². The number of carbonyl (C=O) groups is 1. The predicted octanol–water partition coefficient (Wildman–Crippen LogP) is 2.94. The molecule has 1 N–H and O–H groups in total. The SMILES string of the molecule is CCOc1ccc(CCNC(=O)CCn2ncc(=O)c3ccccc32)cc1OCC. The molecule has 0 fully saturated rings. The van der Waals surface area contributed by atoms with E-state index in [0.717, 1.165) is 22.6 Å². The molecule has 0 aliphatic rings. The first-order chi connectivity index (χ1) is 14.6. The van der Waals surface area contributed by atoms with Gasteiger partial charge in [0.05, 0.1) is 31.5 Å². The Balaban J connectivity index is 1.53. The lowest BCUT2D eigenvalue weighted by atomic mass is 10.1. The van der Waals surface area contributed by atoms with Crippen LogP contribution in [0.1, 0.15) is 25.8 Å². The Labute approximate surface area is 175 Å². The highest BCUT2D eigenvalue weighted by atomic mass is 16.5. The van der Waals surface area contributed by atoms with Crippen LogP contribution in [-0.2, 0) is 17.8 Å². The van der Waals surface area contributed by atoms with E-state index in [1.807, 2.05) is 50.2 Å². The third-order valence-electron chi connectivity index (χ3n) is 4.66. The number of fused-ring (bicyclic) bond motifs is 1. The van der Waals surface area contributed by atoms with Gasteiger partial charge in [-0.15, -0.1) is 0 Å². The highest BCUT2D eigenvalue weighted by Gasteiger charge is 2.08. The molecule has 158 valence electrons. The Morgan fingerprint density at radius 3 is 2.63 bits per heavy atom. The van der Waals surface area contributed by atoms with Crippen molar-refractivity contribution in [2.45, 2.75) is 33.2 Å². The van der Waals surface area contributed by atoms with Gasteiger partial charge >= 0.3 is 0 Å². The molecule has 7 heteroatoms. The van der Waals surface area contributed by atoms with Crippen molar-refractivity contribution >= 4 is 16.8 Å². The molecule has 2 aromatic carbocycles. The van der Waals surface area contributed by atoms with E-state index in [2.05, 4.69) is 10.4 Å². The van der Waals surface area contributed by atoms with E-state index in [-0.39, 0.29) is 17.8 Å². The van der Waals surface area contributed by atoms with Gasteiger partial charge in [-0.1, -0.05) is 18.2 Å². The van der Waals surface area contributed by atoms with Gasteiger partial charge in [-0.05, 0) is 50.1 Å². The maximum atomic E-state index is 12.3. The quantitative estimate of drug-likeness (QED) is 0.557. The monoisotopic (exact) mass is 409 g/mol. The highest BCUT2D eigenvalue weighted by molar-refractivity contribution is 5.79. The van der Waals surface area contributed by atoms with E-state index >= 15 is 0 Å². The van der Waals surface area contributed by atoms with Gasteiger partial charge in [0, 0.05) is 18.4 Å². The summed E-state index contributed by atoms with van der Waals surface area (Å²) < 4.78 is 12.9. The summed E-state index contributed by atoms with van der Waals surface area (Å²) in [5, 5.41) is 7.70. The van der Waals surface area contributed by atoms with Crippen LogP contribution in [0.15, 0.2) is 53.5 Å². The largest absolute Gasteiger partial charge is 0.490 e. The number of amides is 1. The van der Waals surface area contributed by atoms with E-state index in [1.165, 1.54) is 6.20 Å². The summed E-state index contributed by atoms with van der Waals surface area (Å²) in [7, 11) is 0. The second-order valence-corrected chi connectivity index (χ2v) is 6.75. The number of ether oxygens (including phenoxy) is 2. The van der Waals surface area contributed by atoms with Gasteiger partial charge in [0.1, 0.15) is 0 Å². The van der Waals surface area contributed by atoms with E-state index < -0.39 is 0 Å². The second kappa shape index (κ2) is 10.4. The summed E-state index contributed by atoms with van der Waals surface area (Å²) in [5.41, 5.74) is 1.68. The van der Waals surface area contributed by atoms with Crippen LogP contribution in [0, 0.1) is 0 Å². The Hall–Kier alpha value is -3.35. The zero-order valence-electron chi connectivity index (χ0n) is 17.4.